The molecule has 0 saturated heterocycles. The standard InChI is InChI=1S/C12H15FN4O2S/c1-3-17-7-11(12(14)15-17)20(18,19)16-10-6-4-5-9(13)8(10)2/h4-7,16H,3H2,1-2H3,(H2,14,15). The van der Waals surface area contributed by atoms with Gasteiger partial charge in [-0.25, -0.2) is 12.8 Å². The predicted octanol–water partition coefficient (Wildman–Crippen LogP) is 1.73. The van der Waals surface area contributed by atoms with Gasteiger partial charge in [0.05, 0.1) is 5.69 Å². The lowest BCUT2D eigenvalue weighted by atomic mass is 10.2. The minimum absolute atomic E-state index is 0.0894. The van der Waals surface area contributed by atoms with Gasteiger partial charge in [-0.1, -0.05) is 6.07 Å². The fourth-order valence-corrected chi connectivity index (χ4v) is 2.90. The summed E-state index contributed by atoms with van der Waals surface area (Å²) < 4.78 is 41.7. The molecular formula is C12H15FN4O2S. The Kier molecular flexibility index (Phi) is 3.67. The van der Waals surface area contributed by atoms with Crippen molar-refractivity contribution in [2.75, 3.05) is 10.5 Å². The van der Waals surface area contributed by atoms with Gasteiger partial charge in [0.25, 0.3) is 10.0 Å². The summed E-state index contributed by atoms with van der Waals surface area (Å²) in [7, 11) is -3.90. The number of aromatic nitrogens is 2. The molecule has 2 rings (SSSR count). The molecule has 0 fully saturated rings. The molecule has 0 unspecified atom stereocenters. The number of hydrogen-bond acceptors (Lipinski definition) is 4. The summed E-state index contributed by atoms with van der Waals surface area (Å²) >= 11 is 0. The van der Waals surface area contributed by atoms with Crippen LogP contribution in [0.4, 0.5) is 15.9 Å². The largest absolute Gasteiger partial charge is 0.381 e. The molecule has 0 spiro atoms. The quantitative estimate of drug-likeness (QED) is 0.899. The van der Waals surface area contributed by atoms with Crippen LogP contribution in [-0.4, -0.2) is 18.2 Å². The van der Waals surface area contributed by atoms with Gasteiger partial charge in [0.1, 0.15) is 10.7 Å². The molecule has 108 valence electrons. The molecule has 0 bridgehead atoms. The van der Waals surface area contributed by atoms with E-state index in [1.54, 1.807) is 0 Å². The van der Waals surface area contributed by atoms with Gasteiger partial charge in [-0.05, 0) is 26.0 Å². The third-order valence-electron chi connectivity index (χ3n) is 2.88. The highest BCUT2D eigenvalue weighted by Gasteiger charge is 2.22. The number of rotatable bonds is 4. The summed E-state index contributed by atoms with van der Waals surface area (Å²) in [6.07, 6.45) is 1.34. The molecule has 0 aliphatic rings. The zero-order valence-electron chi connectivity index (χ0n) is 11.1. The molecule has 0 aliphatic carbocycles. The number of nitrogens with one attached hydrogen (secondary N) is 1. The van der Waals surface area contributed by atoms with Gasteiger partial charge >= 0.3 is 0 Å². The van der Waals surface area contributed by atoms with Crippen molar-refractivity contribution in [3.8, 4) is 0 Å². The van der Waals surface area contributed by atoms with E-state index in [4.69, 9.17) is 5.73 Å². The summed E-state index contributed by atoms with van der Waals surface area (Å²) in [5.74, 6) is -0.573. The lowest BCUT2D eigenvalue weighted by Gasteiger charge is -2.09. The van der Waals surface area contributed by atoms with Crippen molar-refractivity contribution in [1.29, 1.82) is 0 Å². The first-order valence-electron chi connectivity index (χ1n) is 5.96. The van der Waals surface area contributed by atoms with Crippen molar-refractivity contribution in [2.24, 2.45) is 0 Å². The first-order valence-corrected chi connectivity index (χ1v) is 7.44. The molecule has 20 heavy (non-hydrogen) atoms. The second kappa shape index (κ2) is 5.12. The van der Waals surface area contributed by atoms with Gasteiger partial charge in [0.15, 0.2) is 5.82 Å². The van der Waals surface area contributed by atoms with Crippen molar-refractivity contribution in [3.63, 3.8) is 0 Å². The van der Waals surface area contributed by atoms with Crippen molar-refractivity contribution in [2.45, 2.75) is 25.3 Å². The highest BCUT2D eigenvalue weighted by atomic mass is 32.2. The molecule has 0 saturated carbocycles. The summed E-state index contributed by atoms with van der Waals surface area (Å²) in [6.45, 7) is 3.80. The van der Waals surface area contributed by atoms with E-state index in [1.165, 1.54) is 36.0 Å². The highest BCUT2D eigenvalue weighted by Crippen LogP contribution is 2.23. The van der Waals surface area contributed by atoms with Crippen LogP contribution in [-0.2, 0) is 16.6 Å². The summed E-state index contributed by atoms with van der Waals surface area (Å²) in [6, 6.07) is 4.17. The molecule has 1 aromatic heterocycles. The minimum Gasteiger partial charge on any atom is -0.381 e. The van der Waals surface area contributed by atoms with Crippen molar-refractivity contribution in [3.05, 3.63) is 35.8 Å². The second-order valence-corrected chi connectivity index (χ2v) is 5.90. The van der Waals surface area contributed by atoms with Gasteiger partial charge < -0.3 is 5.73 Å². The number of anilines is 2. The number of hydrogen-bond donors (Lipinski definition) is 2. The number of nitrogens with zero attached hydrogens (tertiary/aromatic N) is 2. The number of sulfonamides is 1. The Hall–Kier alpha value is -2.09. The summed E-state index contributed by atoms with van der Waals surface area (Å²) in [5.41, 5.74) is 5.99. The first-order chi connectivity index (χ1) is 9.35. The van der Waals surface area contributed by atoms with E-state index in [0.717, 1.165) is 0 Å². The fourth-order valence-electron chi connectivity index (χ4n) is 1.70. The van der Waals surface area contributed by atoms with Gasteiger partial charge in [0, 0.05) is 18.3 Å². The fraction of sp³-hybridized carbons (Fsp3) is 0.250. The minimum atomic E-state index is -3.90. The molecule has 6 nitrogen and oxygen atoms in total. The molecule has 1 aromatic carbocycles. The maximum absolute atomic E-state index is 13.4. The maximum atomic E-state index is 13.4. The van der Waals surface area contributed by atoms with Crippen LogP contribution in [0.3, 0.4) is 0 Å². The average molecular weight is 298 g/mol. The molecule has 2 aromatic rings. The molecule has 0 radical (unpaired) electrons. The molecule has 3 N–H and O–H groups in total. The average Bonchev–Trinajstić information content (AvgIpc) is 2.77. The summed E-state index contributed by atoms with van der Waals surface area (Å²) in [4.78, 5) is -0.122. The van der Waals surface area contributed by atoms with Gasteiger partial charge in [-0.15, -0.1) is 0 Å². The van der Waals surface area contributed by atoms with Crippen LogP contribution in [0.5, 0.6) is 0 Å². The van der Waals surface area contributed by atoms with Crippen LogP contribution in [0.15, 0.2) is 29.3 Å². The predicted molar refractivity (Wildman–Crippen MR) is 74.3 cm³/mol. The van der Waals surface area contributed by atoms with Crippen molar-refractivity contribution in [1.82, 2.24) is 9.78 Å². The molecule has 0 amide bonds. The monoisotopic (exact) mass is 298 g/mol. The smallest absolute Gasteiger partial charge is 0.267 e. The zero-order chi connectivity index (χ0) is 14.9. The number of halogens is 1. The van der Waals surface area contributed by atoms with E-state index in [2.05, 4.69) is 9.82 Å². The Morgan fingerprint density at radius 3 is 2.75 bits per heavy atom. The number of nitrogen functional groups attached to an aromatic ring is 1. The molecular weight excluding hydrogens is 283 g/mol. The van der Waals surface area contributed by atoms with E-state index < -0.39 is 15.8 Å². The number of aryl methyl sites for hydroxylation is 1. The van der Waals surface area contributed by atoms with Crippen LogP contribution in [0.25, 0.3) is 0 Å². The Balaban J connectivity index is 2.40. The topological polar surface area (TPSA) is 90.0 Å². The molecule has 8 heteroatoms. The lowest BCUT2D eigenvalue weighted by Crippen LogP contribution is -2.15. The maximum Gasteiger partial charge on any atom is 0.267 e. The van der Waals surface area contributed by atoms with E-state index in [1.807, 2.05) is 6.92 Å². The Morgan fingerprint density at radius 1 is 1.45 bits per heavy atom. The van der Waals surface area contributed by atoms with Crippen LogP contribution in [0, 0.1) is 12.7 Å². The number of nitrogens with two attached hydrogens (primary N) is 1. The molecule has 0 aliphatic heterocycles. The van der Waals surface area contributed by atoms with Crippen LogP contribution in [0.1, 0.15) is 12.5 Å². The van der Waals surface area contributed by atoms with Crippen molar-refractivity contribution < 1.29 is 12.8 Å². The van der Waals surface area contributed by atoms with Crippen LogP contribution >= 0.6 is 0 Å². The van der Waals surface area contributed by atoms with Gasteiger partial charge in [0.2, 0.25) is 0 Å². The molecule has 1 heterocycles. The van der Waals surface area contributed by atoms with Crippen molar-refractivity contribution >= 4 is 21.5 Å². The Bertz CT molecular complexity index is 740. The lowest BCUT2D eigenvalue weighted by molar-refractivity contribution is 0.600. The van der Waals surface area contributed by atoms with E-state index >= 15 is 0 Å². The van der Waals surface area contributed by atoms with Crippen LogP contribution in [0.2, 0.25) is 0 Å². The highest BCUT2D eigenvalue weighted by molar-refractivity contribution is 7.92. The first kappa shape index (κ1) is 14.3. The Labute approximate surface area is 116 Å². The number of benzene rings is 1. The second-order valence-electron chi connectivity index (χ2n) is 4.25. The van der Waals surface area contributed by atoms with E-state index in [9.17, 15) is 12.8 Å². The molecule has 0 atom stereocenters. The zero-order valence-corrected chi connectivity index (χ0v) is 11.9. The van der Waals surface area contributed by atoms with Gasteiger partial charge in [-0.3, -0.25) is 9.40 Å². The van der Waals surface area contributed by atoms with E-state index in [0.29, 0.717) is 6.54 Å². The Morgan fingerprint density at radius 2 is 2.15 bits per heavy atom. The normalized spacial score (nSPS) is 11.6. The third kappa shape index (κ3) is 2.60. The SMILES string of the molecule is CCn1cc(S(=O)(=O)Nc2cccc(F)c2C)c(N)n1. The summed E-state index contributed by atoms with van der Waals surface area (Å²) in [5, 5.41) is 3.88. The van der Waals surface area contributed by atoms with Crippen LogP contribution < -0.4 is 10.5 Å². The van der Waals surface area contributed by atoms with E-state index in [-0.39, 0.29) is 22.0 Å². The third-order valence-corrected chi connectivity index (χ3v) is 4.26. The van der Waals surface area contributed by atoms with Gasteiger partial charge in [-0.2, -0.15) is 5.10 Å².